The Balaban J connectivity index is 1.19. The molecule has 0 radical (unpaired) electrons. The summed E-state index contributed by atoms with van der Waals surface area (Å²) in [4.78, 5) is 13.9. The molecule has 4 aromatic heterocycles. The van der Waals surface area contributed by atoms with Gasteiger partial charge in [-0.25, -0.2) is 14.5 Å². The van der Waals surface area contributed by atoms with Gasteiger partial charge in [-0.1, -0.05) is 11.6 Å². The van der Waals surface area contributed by atoms with Gasteiger partial charge in [-0.2, -0.15) is 10.4 Å². The summed E-state index contributed by atoms with van der Waals surface area (Å²) in [6.45, 7) is 4.43. The number of pyridine rings is 3. The van der Waals surface area contributed by atoms with Crippen LogP contribution in [0.3, 0.4) is 0 Å². The van der Waals surface area contributed by atoms with E-state index in [1.165, 1.54) is 6.42 Å². The molecule has 3 atom stereocenters. The molecule has 200 valence electrons. The van der Waals surface area contributed by atoms with Gasteiger partial charge >= 0.3 is 0 Å². The number of aromatic nitrogens is 4. The number of hydrogen-bond donors (Lipinski definition) is 1. The molecule has 0 saturated carbocycles. The SMILES string of the molecule is COc1ncc(CN2C3CC2CN(c2ccc(-c4cc(OCC(C)O)cn5ncc(C#N)c45)cn2)C3)cc1Cl. The van der Waals surface area contributed by atoms with Crippen LogP contribution in [-0.2, 0) is 6.54 Å². The molecule has 3 saturated heterocycles. The molecule has 0 spiro atoms. The monoisotopic (exact) mass is 545 g/mol. The molecule has 1 N–H and O–H groups in total. The molecular formula is C28H28ClN7O3. The zero-order chi connectivity index (χ0) is 27.1. The van der Waals surface area contributed by atoms with Crippen LogP contribution in [0.25, 0.3) is 16.6 Å². The topological polar surface area (TPSA) is 112 Å². The van der Waals surface area contributed by atoms with E-state index in [4.69, 9.17) is 26.1 Å². The largest absolute Gasteiger partial charge is 0.489 e. The van der Waals surface area contributed by atoms with Crippen LogP contribution in [0.2, 0.25) is 5.02 Å². The van der Waals surface area contributed by atoms with E-state index >= 15 is 0 Å². The molecular weight excluding hydrogens is 518 g/mol. The van der Waals surface area contributed by atoms with Gasteiger partial charge in [0, 0.05) is 55.2 Å². The molecule has 2 bridgehead atoms. The standard InChI is InChI=1S/C28H28ClN7O3/c1-17(37)16-39-23-7-24(27-20(8-30)11-33-36(27)15-23)19-3-4-26(31-10-19)34-13-21-6-22(14-34)35(21)12-18-5-25(29)28(38-2)32-9-18/h3-5,7,9-11,15,17,21-22,37H,6,12-14,16H2,1-2H3. The van der Waals surface area contributed by atoms with Crippen molar-refractivity contribution in [2.45, 2.75) is 38.1 Å². The number of nitriles is 1. The fraction of sp³-hybridized carbons (Fsp3) is 0.357. The Morgan fingerprint density at radius 1 is 1.18 bits per heavy atom. The summed E-state index contributed by atoms with van der Waals surface area (Å²) in [6.07, 6.45) is 7.49. The Morgan fingerprint density at radius 2 is 2.00 bits per heavy atom. The molecule has 0 amide bonds. The molecule has 10 nitrogen and oxygen atoms in total. The smallest absolute Gasteiger partial charge is 0.232 e. The van der Waals surface area contributed by atoms with Crippen LogP contribution >= 0.6 is 11.6 Å². The van der Waals surface area contributed by atoms with Crippen LogP contribution in [0.15, 0.2) is 49.1 Å². The van der Waals surface area contributed by atoms with Crippen molar-refractivity contribution in [1.29, 1.82) is 5.26 Å². The van der Waals surface area contributed by atoms with Crippen molar-refractivity contribution < 1.29 is 14.6 Å². The fourth-order valence-electron chi connectivity index (χ4n) is 5.47. The van der Waals surface area contributed by atoms with Crippen LogP contribution in [0, 0.1) is 11.3 Å². The molecule has 3 aliphatic heterocycles. The van der Waals surface area contributed by atoms with Gasteiger partial charge in [0.15, 0.2) is 0 Å². The first-order valence-electron chi connectivity index (χ1n) is 12.8. The van der Waals surface area contributed by atoms with Crippen molar-refractivity contribution >= 4 is 22.9 Å². The van der Waals surface area contributed by atoms with Gasteiger partial charge in [-0.05, 0) is 43.2 Å². The highest BCUT2D eigenvalue weighted by molar-refractivity contribution is 6.31. The highest BCUT2D eigenvalue weighted by Gasteiger charge is 2.44. The predicted octanol–water partition coefficient (Wildman–Crippen LogP) is 3.55. The number of fused-ring (bicyclic) bond motifs is 3. The third-order valence-corrected chi connectivity index (χ3v) is 7.62. The molecule has 4 aromatic rings. The Labute approximate surface area is 231 Å². The number of aliphatic hydroxyl groups is 1. The lowest BCUT2D eigenvalue weighted by Gasteiger charge is -2.56. The number of rotatable bonds is 8. The third kappa shape index (κ3) is 4.85. The zero-order valence-electron chi connectivity index (χ0n) is 21.7. The summed E-state index contributed by atoms with van der Waals surface area (Å²) in [6, 6.07) is 10.9. The maximum atomic E-state index is 9.63. The number of halogens is 1. The average molecular weight is 546 g/mol. The highest BCUT2D eigenvalue weighted by atomic mass is 35.5. The highest BCUT2D eigenvalue weighted by Crippen LogP contribution is 2.37. The minimum atomic E-state index is -0.602. The summed E-state index contributed by atoms with van der Waals surface area (Å²) in [7, 11) is 1.57. The summed E-state index contributed by atoms with van der Waals surface area (Å²) in [5.74, 6) is 1.93. The molecule has 3 unspecified atom stereocenters. The summed E-state index contributed by atoms with van der Waals surface area (Å²) < 4.78 is 12.5. The molecule has 7 rings (SSSR count). The lowest BCUT2D eigenvalue weighted by atomic mass is 9.87. The number of ether oxygens (including phenoxy) is 2. The number of nitrogens with zero attached hydrogens (tertiary/aromatic N) is 7. The van der Waals surface area contributed by atoms with Crippen molar-refractivity contribution in [3.05, 3.63) is 65.2 Å². The quantitative estimate of drug-likeness (QED) is 0.355. The van der Waals surface area contributed by atoms with E-state index in [-0.39, 0.29) is 6.61 Å². The van der Waals surface area contributed by atoms with Gasteiger partial charge in [0.25, 0.3) is 0 Å². The molecule has 11 heteroatoms. The van der Waals surface area contributed by atoms with E-state index in [1.54, 1.807) is 30.9 Å². The number of anilines is 1. The second kappa shape index (κ2) is 10.3. The molecule has 3 aliphatic rings. The molecule has 39 heavy (non-hydrogen) atoms. The minimum Gasteiger partial charge on any atom is -0.489 e. The number of hydrogen-bond acceptors (Lipinski definition) is 9. The minimum absolute atomic E-state index is 0.158. The second-order valence-electron chi connectivity index (χ2n) is 10.1. The summed E-state index contributed by atoms with van der Waals surface area (Å²) >= 11 is 6.27. The van der Waals surface area contributed by atoms with Crippen LogP contribution in [0.1, 0.15) is 24.5 Å². The third-order valence-electron chi connectivity index (χ3n) is 7.35. The van der Waals surface area contributed by atoms with Gasteiger partial charge in [0.05, 0.1) is 36.7 Å². The molecule has 0 aromatic carbocycles. The summed E-state index contributed by atoms with van der Waals surface area (Å²) in [5.41, 5.74) is 3.90. The lowest BCUT2D eigenvalue weighted by Crippen LogP contribution is -2.68. The van der Waals surface area contributed by atoms with Crippen molar-refractivity contribution in [1.82, 2.24) is 24.5 Å². The fourth-order valence-corrected chi connectivity index (χ4v) is 5.74. The zero-order valence-corrected chi connectivity index (χ0v) is 22.4. The van der Waals surface area contributed by atoms with E-state index in [0.29, 0.717) is 39.8 Å². The number of aliphatic hydroxyl groups excluding tert-OH is 1. The van der Waals surface area contributed by atoms with E-state index in [0.717, 1.165) is 42.1 Å². The first kappa shape index (κ1) is 25.4. The number of piperidine rings is 1. The molecule has 3 fully saturated rings. The maximum Gasteiger partial charge on any atom is 0.232 e. The van der Waals surface area contributed by atoms with Gasteiger partial charge in [-0.15, -0.1) is 0 Å². The lowest BCUT2D eigenvalue weighted by molar-refractivity contribution is -0.00876. The Hall–Kier alpha value is -3.91. The first-order chi connectivity index (χ1) is 18.9. The molecule has 7 heterocycles. The van der Waals surface area contributed by atoms with Crippen LogP contribution in [-0.4, -0.2) is 74.6 Å². The van der Waals surface area contributed by atoms with Crippen molar-refractivity contribution in [3.8, 4) is 28.8 Å². The Morgan fingerprint density at radius 3 is 2.67 bits per heavy atom. The first-order valence-corrected chi connectivity index (χ1v) is 13.2. The van der Waals surface area contributed by atoms with E-state index in [1.807, 2.05) is 36.7 Å². The average Bonchev–Trinajstić information content (AvgIpc) is 3.38. The number of piperazine rings is 1. The second-order valence-corrected chi connectivity index (χ2v) is 10.5. The van der Waals surface area contributed by atoms with E-state index < -0.39 is 6.10 Å². The van der Waals surface area contributed by atoms with Gasteiger partial charge < -0.3 is 19.5 Å². The number of methoxy groups -OCH3 is 1. The van der Waals surface area contributed by atoms with E-state index in [9.17, 15) is 10.4 Å². The van der Waals surface area contributed by atoms with Crippen LogP contribution in [0.4, 0.5) is 5.82 Å². The van der Waals surface area contributed by atoms with Gasteiger partial charge in [0.1, 0.15) is 29.3 Å². The predicted molar refractivity (Wildman–Crippen MR) is 146 cm³/mol. The van der Waals surface area contributed by atoms with Crippen LogP contribution in [0.5, 0.6) is 11.6 Å². The normalized spacial score (nSPS) is 19.4. The van der Waals surface area contributed by atoms with Crippen molar-refractivity contribution in [2.24, 2.45) is 0 Å². The Bertz CT molecular complexity index is 1540. The maximum absolute atomic E-state index is 9.63. The van der Waals surface area contributed by atoms with E-state index in [2.05, 4.69) is 26.0 Å². The van der Waals surface area contributed by atoms with Crippen molar-refractivity contribution in [3.63, 3.8) is 0 Å². The van der Waals surface area contributed by atoms with Gasteiger partial charge in [-0.3, -0.25) is 4.90 Å². The van der Waals surface area contributed by atoms with Gasteiger partial charge in [0.2, 0.25) is 5.88 Å². The summed E-state index contributed by atoms with van der Waals surface area (Å²) in [5, 5.41) is 24.1. The Kier molecular flexibility index (Phi) is 6.73. The molecule has 0 aliphatic carbocycles. The van der Waals surface area contributed by atoms with Crippen molar-refractivity contribution in [2.75, 3.05) is 31.7 Å². The van der Waals surface area contributed by atoms with Crippen LogP contribution < -0.4 is 14.4 Å².